The summed E-state index contributed by atoms with van der Waals surface area (Å²) in [6.45, 7) is 4.04. The highest BCUT2D eigenvalue weighted by Gasteiger charge is 2.33. The molecule has 0 unspecified atom stereocenters. The molecule has 1 amide bonds. The Hall–Kier alpha value is -3.55. The maximum Gasteiger partial charge on any atom is 0.227 e. The molecule has 2 aromatic heterocycles. The lowest BCUT2D eigenvalue weighted by molar-refractivity contribution is -0.132. The van der Waals surface area contributed by atoms with E-state index in [-0.39, 0.29) is 24.2 Å². The van der Waals surface area contributed by atoms with Crippen LogP contribution in [0.3, 0.4) is 0 Å². The van der Waals surface area contributed by atoms with Gasteiger partial charge in [-0.05, 0) is 49.6 Å². The van der Waals surface area contributed by atoms with Gasteiger partial charge in [-0.2, -0.15) is 0 Å². The summed E-state index contributed by atoms with van der Waals surface area (Å²) in [6.07, 6.45) is 2.55. The molecule has 168 valence electrons. The van der Waals surface area contributed by atoms with Gasteiger partial charge in [0.15, 0.2) is 5.65 Å². The maximum absolute atomic E-state index is 13.2. The SMILES string of the molecule is C[C@H]1CN(c2nc3ccccc3c3nnc(C4CC4)n23)CCN1C(=O)Cc1ccc(F)cc1. The number of amides is 1. The smallest absolute Gasteiger partial charge is 0.227 e. The number of hydrogen-bond donors (Lipinski definition) is 0. The second kappa shape index (κ2) is 7.79. The summed E-state index contributed by atoms with van der Waals surface area (Å²) in [6, 6.07) is 14.2. The topological polar surface area (TPSA) is 66.6 Å². The predicted octanol–water partition coefficient (Wildman–Crippen LogP) is 3.57. The van der Waals surface area contributed by atoms with Crippen LogP contribution in [0.1, 0.15) is 37.1 Å². The first-order valence-corrected chi connectivity index (χ1v) is 11.5. The Morgan fingerprint density at radius 3 is 2.61 bits per heavy atom. The number of rotatable bonds is 4. The highest BCUT2D eigenvalue weighted by atomic mass is 19.1. The lowest BCUT2D eigenvalue weighted by atomic mass is 10.1. The van der Waals surface area contributed by atoms with E-state index in [4.69, 9.17) is 4.98 Å². The van der Waals surface area contributed by atoms with E-state index in [0.717, 1.165) is 46.7 Å². The number of carbonyl (C=O) groups excluding carboxylic acids is 1. The van der Waals surface area contributed by atoms with Crippen molar-refractivity contribution in [3.63, 3.8) is 0 Å². The summed E-state index contributed by atoms with van der Waals surface area (Å²) in [5, 5.41) is 10.1. The summed E-state index contributed by atoms with van der Waals surface area (Å²) >= 11 is 0. The molecule has 1 saturated heterocycles. The lowest BCUT2D eigenvalue weighted by Gasteiger charge is -2.40. The van der Waals surface area contributed by atoms with Gasteiger partial charge in [-0.3, -0.25) is 4.79 Å². The number of nitrogens with zero attached hydrogens (tertiary/aromatic N) is 6. The lowest BCUT2D eigenvalue weighted by Crippen LogP contribution is -2.55. The highest BCUT2D eigenvalue weighted by molar-refractivity contribution is 5.92. The van der Waals surface area contributed by atoms with Crippen molar-refractivity contribution in [1.82, 2.24) is 24.5 Å². The van der Waals surface area contributed by atoms with Gasteiger partial charge in [-0.25, -0.2) is 13.8 Å². The first kappa shape index (κ1) is 20.1. The van der Waals surface area contributed by atoms with Crippen molar-refractivity contribution >= 4 is 28.4 Å². The zero-order chi connectivity index (χ0) is 22.5. The standard InChI is InChI=1S/C25H25FN6O/c1-16-15-30(12-13-31(16)22(33)14-17-6-10-19(26)11-7-17)25-27-21-5-3-2-4-20(21)24-29-28-23(32(24)25)18-8-9-18/h2-7,10-11,16,18H,8-9,12-15H2,1H3/t16-/m0/s1. The van der Waals surface area contributed by atoms with Crippen LogP contribution in [0.4, 0.5) is 10.3 Å². The van der Waals surface area contributed by atoms with Crippen molar-refractivity contribution in [2.24, 2.45) is 0 Å². The van der Waals surface area contributed by atoms with E-state index < -0.39 is 0 Å². The molecular formula is C25H25FN6O. The van der Waals surface area contributed by atoms with Gasteiger partial charge in [0.05, 0.1) is 11.9 Å². The van der Waals surface area contributed by atoms with Gasteiger partial charge in [0.25, 0.3) is 0 Å². The molecule has 0 radical (unpaired) electrons. The van der Waals surface area contributed by atoms with E-state index >= 15 is 0 Å². The molecule has 0 spiro atoms. The van der Waals surface area contributed by atoms with Crippen LogP contribution >= 0.6 is 0 Å². The molecule has 33 heavy (non-hydrogen) atoms. The first-order chi connectivity index (χ1) is 16.1. The Bertz CT molecular complexity index is 1350. The van der Waals surface area contributed by atoms with Crippen LogP contribution in [0, 0.1) is 5.82 Å². The molecule has 1 saturated carbocycles. The van der Waals surface area contributed by atoms with Crippen LogP contribution in [0.2, 0.25) is 0 Å². The van der Waals surface area contributed by atoms with E-state index in [1.54, 1.807) is 12.1 Å². The fourth-order valence-corrected chi connectivity index (χ4v) is 4.79. The third-order valence-electron chi connectivity index (χ3n) is 6.70. The molecule has 6 rings (SSSR count). The second-order valence-corrected chi connectivity index (χ2v) is 9.11. The average Bonchev–Trinajstić information content (AvgIpc) is 3.57. The summed E-state index contributed by atoms with van der Waals surface area (Å²) < 4.78 is 15.3. The third kappa shape index (κ3) is 3.59. The molecule has 2 aromatic carbocycles. The Balaban J connectivity index is 1.29. The molecule has 8 heteroatoms. The van der Waals surface area contributed by atoms with Crippen LogP contribution in [-0.4, -0.2) is 56.1 Å². The van der Waals surface area contributed by atoms with Crippen LogP contribution in [0.25, 0.3) is 16.6 Å². The third-order valence-corrected chi connectivity index (χ3v) is 6.70. The first-order valence-electron chi connectivity index (χ1n) is 11.5. The van der Waals surface area contributed by atoms with E-state index in [1.807, 2.05) is 29.2 Å². The van der Waals surface area contributed by atoms with E-state index in [2.05, 4.69) is 26.4 Å². The number of benzene rings is 2. The zero-order valence-corrected chi connectivity index (χ0v) is 18.5. The number of piperazine rings is 1. The summed E-state index contributed by atoms with van der Waals surface area (Å²) in [5.41, 5.74) is 2.57. The number of fused-ring (bicyclic) bond motifs is 3. The molecular weight excluding hydrogens is 419 g/mol. The van der Waals surface area contributed by atoms with Crippen LogP contribution in [0.5, 0.6) is 0 Å². The zero-order valence-electron chi connectivity index (χ0n) is 18.5. The minimum absolute atomic E-state index is 0.0240. The molecule has 0 N–H and O–H groups in total. The Kier molecular flexibility index (Phi) is 4.74. The molecule has 1 aliphatic carbocycles. The fourth-order valence-electron chi connectivity index (χ4n) is 4.79. The normalized spacial score (nSPS) is 18.9. The van der Waals surface area contributed by atoms with E-state index in [9.17, 15) is 9.18 Å². The van der Waals surface area contributed by atoms with Crippen LogP contribution < -0.4 is 4.90 Å². The van der Waals surface area contributed by atoms with Crippen LogP contribution in [-0.2, 0) is 11.2 Å². The predicted molar refractivity (Wildman–Crippen MR) is 124 cm³/mol. The second-order valence-electron chi connectivity index (χ2n) is 9.11. The highest BCUT2D eigenvalue weighted by Crippen LogP contribution is 2.40. The van der Waals surface area contributed by atoms with Crippen molar-refractivity contribution in [2.75, 3.05) is 24.5 Å². The van der Waals surface area contributed by atoms with Gasteiger partial charge in [-0.15, -0.1) is 10.2 Å². The minimum Gasteiger partial charge on any atom is -0.338 e. The molecule has 7 nitrogen and oxygen atoms in total. The molecule has 3 heterocycles. The molecule has 0 bridgehead atoms. The molecule has 2 fully saturated rings. The van der Waals surface area contributed by atoms with E-state index in [0.29, 0.717) is 25.6 Å². The van der Waals surface area contributed by atoms with Crippen molar-refractivity contribution in [2.45, 2.75) is 38.1 Å². The van der Waals surface area contributed by atoms with Gasteiger partial charge < -0.3 is 9.80 Å². The number of halogens is 1. The van der Waals surface area contributed by atoms with Crippen molar-refractivity contribution in [3.8, 4) is 0 Å². The number of carbonyl (C=O) groups is 1. The monoisotopic (exact) mass is 444 g/mol. The average molecular weight is 445 g/mol. The molecule has 2 aliphatic rings. The van der Waals surface area contributed by atoms with Crippen molar-refractivity contribution in [1.29, 1.82) is 0 Å². The van der Waals surface area contributed by atoms with Crippen molar-refractivity contribution in [3.05, 3.63) is 65.7 Å². The van der Waals surface area contributed by atoms with Gasteiger partial charge in [0, 0.05) is 37.0 Å². The number of anilines is 1. The Labute approximate surface area is 190 Å². The largest absolute Gasteiger partial charge is 0.338 e. The minimum atomic E-state index is -0.290. The number of hydrogen-bond acceptors (Lipinski definition) is 5. The van der Waals surface area contributed by atoms with Gasteiger partial charge in [0.2, 0.25) is 11.9 Å². The number of para-hydroxylation sites is 1. The molecule has 4 aromatic rings. The maximum atomic E-state index is 13.2. The number of aromatic nitrogens is 4. The van der Waals surface area contributed by atoms with Gasteiger partial charge in [-0.1, -0.05) is 24.3 Å². The summed E-state index contributed by atoms with van der Waals surface area (Å²) in [4.78, 5) is 22.2. The summed E-state index contributed by atoms with van der Waals surface area (Å²) in [5.74, 6) is 2.06. The van der Waals surface area contributed by atoms with Gasteiger partial charge >= 0.3 is 0 Å². The fraction of sp³-hybridized carbons (Fsp3) is 0.360. The van der Waals surface area contributed by atoms with E-state index in [1.165, 1.54) is 12.1 Å². The van der Waals surface area contributed by atoms with Crippen LogP contribution in [0.15, 0.2) is 48.5 Å². The molecule has 1 atom stereocenters. The molecule has 1 aliphatic heterocycles. The Morgan fingerprint density at radius 2 is 1.85 bits per heavy atom. The van der Waals surface area contributed by atoms with Gasteiger partial charge in [0.1, 0.15) is 11.6 Å². The Morgan fingerprint density at radius 1 is 1.06 bits per heavy atom. The quantitative estimate of drug-likeness (QED) is 0.481. The summed E-state index contributed by atoms with van der Waals surface area (Å²) in [7, 11) is 0. The van der Waals surface area contributed by atoms with Crippen molar-refractivity contribution < 1.29 is 9.18 Å².